The molecule has 0 spiro atoms. The van der Waals surface area contributed by atoms with E-state index in [4.69, 9.17) is 21.1 Å². The standard InChI is InChI=1S/C11H18ClN3O2/c1-8(2)17-11-6-13-5-10(15-11)14-4-9(12)7-16-3/h5-6,8-9H,4,7H2,1-3H3,(H,14,15). The van der Waals surface area contributed by atoms with Crippen molar-refractivity contribution in [2.45, 2.75) is 25.3 Å². The number of aromatic nitrogens is 2. The minimum Gasteiger partial charge on any atom is -0.474 e. The van der Waals surface area contributed by atoms with E-state index in [9.17, 15) is 0 Å². The van der Waals surface area contributed by atoms with Crippen LogP contribution in [-0.4, -0.2) is 41.7 Å². The lowest BCUT2D eigenvalue weighted by Crippen LogP contribution is -2.19. The largest absolute Gasteiger partial charge is 0.474 e. The Morgan fingerprint density at radius 2 is 2.18 bits per heavy atom. The van der Waals surface area contributed by atoms with E-state index in [-0.39, 0.29) is 11.5 Å². The molecular weight excluding hydrogens is 242 g/mol. The maximum absolute atomic E-state index is 5.99. The molecule has 96 valence electrons. The first-order valence-electron chi connectivity index (χ1n) is 5.47. The lowest BCUT2D eigenvalue weighted by molar-refractivity contribution is 0.200. The van der Waals surface area contributed by atoms with Crippen LogP contribution in [0.2, 0.25) is 0 Å². The van der Waals surface area contributed by atoms with Crippen molar-refractivity contribution in [2.24, 2.45) is 0 Å². The van der Waals surface area contributed by atoms with Gasteiger partial charge < -0.3 is 14.8 Å². The third kappa shape index (κ3) is 5.70. The van der Waals surface area contributed by atoms with Gasteiger partial charge >= 0.3 is 0 Å². The Morgan fingerprint density at radius 3 is 2.82 bits per heavy atom. The van der Waals surface area contributed by atoms with Crippen LogP contribution in [0, 0.1) is 0 Å². The summed E-state index contributed by atoms with van der Waals surface area (Å²) in [6.07, 6.45) is 3.29. The summed E-state index contributed by atoms with van der Waals surface area (Å²) in [6.45, 7) is 4.93. The van der Waals surface area contributed by atoms with Gasteiger partial charge in [-0.15, -0.1) is 11.6 Å². The molecule has 0 aliphatic carbocycles. The predicted molar refractivity (Wildman–Crippen MR) is 67.8 cm³/mol. The van der Waals surface area contributed by atoms with Gasteiger partial charge in [0.15, 0.2) is 0 Å². The van der Waals surface area contributed by atoms with Crippen molar-refractivity contribution in [2.75, 3.05) is 25.6 Å². The average molecular weight is 260 g/mol. The van der Waals surface area contributed by atoms with Crippen LogP contribution in [0.25, 0.3) is 0 Å². The maximum atomic E-state index is 5.99. The molecule has 0 amide bonds. The van der Waals surface area contributed by atoms with Gasteiger partial charge in [0, 0.05) is 13.7 Å². The second-order valence-corrected chi connectivity index (χ2v) is 4.46. The normalized spacial score (nSPS) is 12.5. The van der Waals surface area contributed by atoms with E-state index >= 15 is 0 Å². The van der Waals surface area contributed by atoms with Gasteiger partial charge in [0.2, 0.25) is 5.88 Å². The number of ether oxygens (including phenoxy) is 2. The molecule has 1 atom stereocenters. The molecule has 1 heterocycles. The molecule has 0 saturated carbocycles. The maximum Gasteiger partial charge on any atom is 0.234 e. The van der Waals surface area contributed by atoms with Crippen molar-refractivity contribution in [3.05, 3.63) is 12.4 Å². The molecule has 1 rings (SSSR count). The van der Waals surface area contributed by atoms with Gasteiger partial charge in [-0.3, -0.25) is 4.98 Å². The Labute approximate surface area is 107 Å². The van der Waals surface area contributed by atoms with Gasteiger partial charge in [-0.2, -0.15) is 4.98 Å². The molecule has 0 aromatic carbocycles. The molecule has 17 heavy (non-hydrogen) atoms. The number of hydrogen-bond donors (Lipinski definition) is 1. The van der Waals surface area contributed by atoms with Crippen molar-refractivity contribution in [1.29, 1.82) is 0 Å². The molecule has 1 N–H and O–H groups in total. The summed E-state index contributed by atoms with van der Waals surface area (Å²) in [7, 11) is 1.62. The molecule has 0 bridgehead atoms. The third-order valence-corrected chi connectivity index (χ3v) is 2.10. The number of halogens is 1. The van der Waals surface area contributed by atoms with Crippen LogP contribution in [0.1, 0.15) is 13.8 Å². The number of methoxy groups -OCH3 is 1. The zero-order chi connectivity index (χ0) is 12.7. The van der Waals surface area contributed by atoms with E-state index < -0.39 is 0 Å². The zero-order valence-electron chi connectivity index (χ0n) is 10.3. The van der Waals surface area contributed by atoms with Crippen LogP contribution in [0.4, 0.5) is 5.82 Å². The Balaban J connectivity index is 2.48. The molecule has 1 aromatic heterocycles. The van der Waals surface area contributed by atoms with Gasteiger partial charge in [0.1, 0.15) is 5.82 Å². The second kappa shape index (κ2) is 7.29. The second-order valence-electron chi connectivity index (χ2n) is 3.84. The Bertz CT molecular complexity index is 336. The molecule has 0 aliphatic rings. The van der Waals surface area contributed by atoms with E-state index in [1.54, 1.807) is 19.5 Å². The molecular formula is C11H18ClN3O2. The van der Waals surface area contributed by atoms with Gasteiger partial charge in [-0.05, 0) is 13.8 Å². The number of nitrogens with one attached hydrogen (secondary N) is 1. The molecule has 6 heteroatoms. The third-order valence-electron chi connectivity index (χ3n) is 1.82. The molecule has 5 nitrogen and oxygen atoms in total. The first kappa shape index (κ1) is 14.0. The van der Waals surface area contributed by atoms with Gasteiger partial charge in [-0.25, -0.2) is 0 Å². The lowest BCUT2D eigenvalue weighted by atomic mass is 10.4. The Morgan fingerprint density at radius 1 is 1.41 bits per heavy atom. The molecule has 1 aromatic rings. The van der Waals surface area contributed by atoms with E-state index in [0.717, 1.165) is 0 Å². The summed E-state index contributed by atoms with van der Waals surface area (Å²) < 4.78 is 10.4. The summed E-state index contributed by atoms with van der Waals surface area (Å²) in [6, 6.07) is 0. The minimum atomic E-state index is -0.100. The highest BCUT2D eigenvalue weighted by atomic mass is 35.5. The van der Waals surface area contributed by atoms with Crippen molar-refractivity contribution in [1.82, 2.24) is 9.97 Å². The van der Waals surface area contributed by atoms with Crippen LogP contribution >= 0.6 is 11.6 Å². The highest BCUT2D eigenvalue weighted by Gasteiger charge is 2.05. The van der Waals surface area contributed by atoms with E-state index in [1.807, 2.05) is 13.8 Å². The van der Waals surface area contributed by atoms with Crippen molar-refractivity contribution >= 4 is 17.4 Å². The number of nitrogens with zero attached hydrogens (tertiary/aromatic N) is 2. The van der Waals surface area contributed by atoms with Crippen molar-refractivity contribution in [3.8, 4) is 5.88 Å². The molecule has 0 aliphatic heterocycles. The summed E-state index contributed by atoms with van der Waals surface area (Å²) in [5.41, 5.74) is 0. The summed E-state index contributed by atoms with van der Waals surface area (Å²) in [5, 5.41) is 2.98. The van der Waals surface area contributed by atoms with Gasteiger partial charge in [0.25, 0.3) is 0 Å². The molecule has 0 radical (unpaired) electrons. The van der Waals surface area contributed by atoms with Gasteiger partial charge in [0.05, 0.1) is 30.5 Å². The van der Waals surface area contributed by atoms with E-state index in [2.05, 4.69) is 15.3 Å². The summed E-state index contributed by atoms with van der Waals surface area (Å²) >= 11 is 5.99. The molecule has 0 saturated heterocycles. The van der Waals surface area contributed by atoms with Crippen LogP contribution in [0.5, 0.6) is 5.88 Å². The summed E-state index contributed by atoms with van der Waals surface area (Å²) in [5.74, 6) is 1.15. The van der Waals surface area contributed by atoms with Crippen molar-refractivity contribution in [3.63, 3.8) is 0 Å². The van der Waals surface area contributed by atoms with Crippen LogP contribution in [0.15, 0.2) is 12.4 Å². The van der Waals surface area contributed by atoms with Crippen LogP contribution < -0.4 is 10.1 Å². The first-order valence-corrected chi connectivity index (χ1v) is 5.91. The highest BCUT2D eigenvalue weighted by molar-refractivity contribution is 6.21. The quantitative estimate of drug-likeness (QED) is 0.759. The Hall–Kier alpha value is -1.07. The van der Waals surface area contributed by atoms with Crippen LogP contribution in [-0.2, 0) is 4.74 Å². The number of rotatable bonds is 7. The monoisotopic (exact) mass is 259 g/mol. The van der Waals surface area contributed by atoms with Crippen LogP contribution in [0.3, 0.4) is 0 Å². The SMILES string of the molecule is COCC(Cl)CNc1cncc(OC(C)C)n1. The lowest BCUT2D eigenvalue weighted by Gasteiger charge is -2.12. The molecule has 0 fully saturated rings. The van der Waals surface area contributed by atoms with Crippen molar-refractivity contribution < 1.29 is 9.47 Å². The highest BCUT2D eigenvalue weighted by Crippen LogP contribution is 2.11. The predicted octanol–water partition coefficient (Wildman–Crippen LogP) is 1.93. The van der Waals surface area contributed by atoms with Gasteiger partial charge in [-0.1, -0.05) is 0 Å². The number of alkyl halides is 1. The fraction of sp³-hybridized carbons (Fsp3) is 0.636. The van der Waals surface area contributed by atoms with E-state index in [1.165, 1.54) is 0 Å². The Kier molecular flexibility index (Phi) is 6.00. The van der Waals surface area contributed by atoms with E-state index in [0.29, 0.717) is 24.8 Å². The summed E-state index contributed by atoms with van der Waals surface area (Å²) in [4.78, 5) is 8.29. The average Bonchev–Trinajstić information content (AvgIpc) is 2.26. The number of anilines is 1. The zero-order valence-corrected chi connectivity index (χ0v) is 11.1. The number of hydrogen-bond acceptors (Lipinski definition) is 5. The first-order chi connectivity index (χ1) is 8.11. The fourth-order valence-electron chi connectivity index (χ4n) is 1.19. The topological polar surface area (TPSA) is 56.3 Å². The fourth-order valence-corrected chi connectivity index (χ4v) is 1.39. The molecule has 1 unspecified atom stereocenters. The smallest absolute Gasteiger partial charge is 0.234 e. The minimum absolute atomic E-state index is 0.0776.